The molecule has 0 spiro atoms. The fraction of sp³-hybridized carbons (Fsp3) is 0.343. The maximum absolute atomic E-state index is 14.2. The van der Waals surface area contributed by atoms with Gasteiger partial charge in [-0.3, -0.25) is 19.5 Å². The molecule has 2 N–H and O–H groups in total. The lowest BCUT2D eigenvalue weighted by molar-refractivity contribution is -0.122. The van der Waals surface area contributed by atoms with E-state index in [4.69, 9.17) is 9.73 Å². The third-order valence-electron chi connectivity index (χ3n) is 7.45. The summed E-state index contributed by atoms with van der Waals surface area (Å²) >= 11 is 3.00. The predicted molar refractivity (Wildman–Crippen MR) is 195 cm³/mol. The quantitative estimate of drug-likeness (QED) is 0.225. The molecule has 2 aliphatic rings. The van der Waals surface area contributed by atoms with Gasteiger partial charge in [-0.2, -0.15) is 0 Å². The van der Waals surface area contributed by atoms with Crippen molar-refractivity contribution in [3.63, 3.8) is 0 Å². The SMILES string of the molecule is CCNc1ccc(NC(=O)CN(C)C)cc1CN=C1S/C(=C2\Sc3ccc(OCCN(C)C)cc3N2C)C(=O)N1Cc1ccccc1. The molecular weight excluding hydrogens is 631 g/mol. The molecule has 3 aromatic carbocycles. The smallest absolute Gasteiger partial charge is 0.269 e. The maximum atomic E-state index is 14.2. The number of carbonyl (C=O) groups is 2. The van der Waals surface area contributed by atoms with Crippen LogP contribution >= 0.6 is 23.5 Å². The Balaban J connectivity index is 1.44. The van der Waals surface area contributed by atoms with Gasteiger partial charge in [0.1, 0.15) is 17.3 Å². The first-order valence-corrected chi connectivity index (χ1v) is 17.2. The van der Waals surface area contributed by atoms with Crippen LogP contribution in [0.2, 0.25) is 0 Å². The van der Waals surface area contributed by atoms with Crippen LogP contribution in [0.25, 0.3) is 0 Å². The molecule has 10 nitrogen and oxygen atoms in total. The molecular formula is C35H43N7O3S2. The fourth-order valence-electron chi connectivity index (χ4n) is 5.13. The number of rotatable bonds is 13. The fourth-order valence-corrected chi connectivity index (χ4v) is 7.43. The molecule has 0 radical (unpaired) electrons. The summed E-state index contributed by atoms with van der Waals surface area (Å²) in [6.07, 6.45) is 0. The summed E-state index contributed by atoms with van der Waals surface area (Å²) in [5, 5.41) is 7.91. The van der Waals surface area contributed by atoms with E-state index in [1.54, 1.807) is 16.7 Å². The molecule has 12 heteroatoms. The van der Waals surface area contributed by atoms with E-state index in [1.807, 2.05) is 108 Å². The lowest BCUT2D eigenvalue weighted by Crippen LogP contribution is -2.29. The Kier molecular flexibility index (Phi) is 11.5. The highest BCUT2D eigenvalue weighted by Crippen LogP contribution is 2.51. The van der Waals surface area contributed by atoms with Gasteiger partial charge in [0.25, 0.3) is 5.91 Å². The first-order valence-electron chi connectivity index (χ1n) is 15.6. The number of nitrogens with zero attached hydrogens (tertiary/aromatic N) is 5. The minimum Gasteiger partial charge on any atom is -0.492 e. The van der Waals surface area contributed by atoms with Crippen LogP contribution in [0.15, 0.2) is 86.6 Å². The second-order valence-electron chi connectivity index (χ2n) is 11.8. The lowest BCUT2D eigenvalue weighted by atomic mass is 10.1. The van der Waals surface area contributed by atoms with Crippen LogP contribution in [-0.2, 0) is 22.7 Å². The molecule has 0 aliphatic carbocycles. The highest BCUT2D eigenvalue weighted by Gasteiger charge is 2.39. The average molecular weight is 674 g/mol. The Bertz CT molecular complexity index is 1660. The number of thioether (sulfide) groups is 2. The Labute approximate surface area is 286 Å². The summed E-state index contributed by atoms with van der Waals surface area (Å²) in [4.78, 5) is 41.1. The molecule has 3 aromatic rings. The van der Waals surface area contributed by atoms with Gasteiger partial charge in [0.15, 0.2) is 5.17 Å². The average Bonchev–Trinajstić information content (AvgIpc) is 3.52. The molecule has 2 heterocycles. The molecule has 0 unspecified atom stereocenters. The van der Waals surface area contributed by atoms with E-state index in [9.17, 15) is 9.59 Å². The maximum Gasteiger partial charge on any atom is 0.269 e. The number of amidine groups is 1. The molecule has 2 aliphatic heterocycles. The number of fused-ring (bicyclic) bond motifs is 1. The third kappa shape index (κ3) is 8.69. The molecule has 0 saturated carbocycles. The van der Waals surface area contributed by atoms with Crippen LogP contribution in [0.3, 0.4) is 0 Å². The van der Waals surface area contributed by atoms with Gasteiger partial charge >= 0.3 is 0 Å². The number of hydrogen-bond donors (Lipinski definition) is 2. The summed E-state index contributed by atoms with van der Waals surface area (Å²) < 4.78 is 6.00. The van der Waals surface area contributed by atoms with E-state index < -0.39 is 0 Å². The minimum atomic E-state index is -0.0860. The molecule has 0 atom stereocenters. The second kappa shape index (κ2) is 15.7. The van der Waals surface area contributed by atoms with Crippen LogP contribution in [0.4, 0.5) is 17.1 Å². The monoisotopic (exact) mass is 673 g/mol. The molecule has 2 amide bonds. The van der Waals surface area contributed by atoms with E-state index in [-0.39, 0.29) is 11.8 Å². The van der Waals surface area contributed by atoms with Crippen LogP contribution in [-0.4, -0.2) is 93.2 Å². The zero-order valence-corrected chi connectivity index (χ0v) is 29.5. The van der Waals surface area contributed by atoms with Crippen LogP contribution in [0.5, 0.6) is 5.75 Å². The topological polar surface area (TPSA) is 92.7 Å². The Morgan fingerprint density at radius 1 is 0.979 bits per heavy atom. The number of carbonyl (C=O) groups excluding carboxylic acids is 2. The molecule has 0 aromatic heterocycles. The number of anilines is 3. The number of hydrogen-bond acceptors (Lipinski definition) is 10. The van der Waals surface area contributed by atoms with Gasteiger partial charge in [-0.15, -0.1) is 0 Å². The van der Waals surface area contributed by atoms with Crippen molar-refractivity contribution in [1.82, 2.24) is 14.7 Å². The third-order valence-corrected chi connectivity index (χ3v) is 9.92. The molecule has 5 rings (SSSR count). The van der Waals surface area contributed by atoms with Gasteiger partial charge < -0.3 is 30.1 Å². The number of nitrogens with one attached hydrogen (secondary N) is 2. The number of ether oxygens (including phenoxy) is 1. The van der Waals surface area contributed by atoms with Crippen LogP contribution < -0.4 is 20.3 Å². The van der Waals surface area contributed by atoms with Gasteiger partial charge in [0.05, 0.1) is 30.4 Å². The summed E-state index contributed by atoms with van der Waals surface area (Å²) in [5.41, 5.74) is 4.61. The second-order valence-corrected chi connectivity index (χ2v) is 13.9. The van der Waals surface area contributed by atoms with Crippen molar-refractivity contribution >= 4 is 57.6 Å². The highest BCUT2D eigenvalue weighted by atomic mass is 32.2. The molecule has 1 fully saturated rings. The van der Waals surface area contributed by atoms with Gasteiger partial charge in [0, 0.05) is 42.5 Å². The summed E-state index contributed by atoms with van der Waals surface area (Å²) in [6, 6.07) is 21.9. The minimum absolute atomic E-state index is 0.0705. The lowest BCUT2D eigenvalue weighted by Gasteiger charge is -2.17. The van der Waals surface area contributed by atoms with Crippen molar-refractivity contribution in [2.45, 2.75) is 24.9 Å². The van der Waals surface area contributed by atoms with Crippen molar-refractivity contribution in [2.24, 2.45) is 4.99 Å². The predicted octanol–water partition coefficient (Wildman–Crippen LogP) is 5.60. The molecule has 0 bridgehead atoms. The van der Waals surface area contributed by atoms with Crippen molar-refractivity contribution in [3.05, 3.63) is 87.8 Å². The molecule has 1 saturated heterocycles. The Morgan fingerprint density at radius 2 is 1.77 bits per heavy atom. The normalized spacial score (nSPS) is 16.9. The summed E-state index contributed by atoms with van der Waals surface area (Å²) in [7, 11) is 9.76. The zero-order chi connectivity index (χ0) is 33.5. The number of likely N-dealkylation sites (N-methyl/N-ethyl adjacent to an activating group) is 2. The zero-order valence-electron chi connectivity index (χ0n) is 27.9. The first-order chi connectivity index (χ1) is 22.6. The number of benzene rings is 3. The van der Waals surface area contributed by atoms with Gasteiger partial charge in [-0.1, -0.05) is 42.1 Å². The van der Waals surface area contributed by atoms with E-state index >= 15 is 0 Å². The Hall–Kier alpha value is -3.97. The molecule has 47 heavy (non-hydrogen) atoms. The van der Waals surface area contributed by atoms with E-state index in [2.05, 4.69) is 26.5 Å². The van der Waals surface area contributed by atoms with Crippen molar-refractivity contribution in [3.8, 4) is 5.75 Å². The number of aliphatic imine (C=N–C) groups is 1. The van der Waals surface area contributed by atoms with Gasteiger partial charge in [-0.25, -0.2) is 0 Å². The van der Waals surface area contributed by atoms with Gasteiger partial charge in [0.2, 0.25) is 5.91 Å². The van der Waals surface area contributed by atoms with Crippen LogP contribution in [0.1, 0.15) is 18.1 Å². The van der Waals surface area contributed by atoms with E-state index in [1.165, 1.54) is 11.8 Å². The van der Waals surface area contributed by atoms with Crippen molar-refractivity contribution < 1.29 is 14.3 Å². The number of amides is 2. The Morgan fingerprint density at radius 3 is 2.49 bits per heavy atom. The van der Waals surface area contributed by atoms with E-state index in [0.29, 0.717) is 42.0 Å². The molecule has 248 valence electrons. The van der Waals surface area contributed by atoms with Crippen LogP contribution in [0, 0.1) is 0 Å². The van der Waals surface area contributed by atoms with E-state index in [0.717, 1.165) is 51.3 Å². The van der Waals surface area contributed by atoms with Crippen molar-refractivity contribution in [1.29, 1.82) is 0 Å². The summed E-state index contributed by atoms with van der Waals surface area (Å²) in [5.74, 6) is 0.648. The van der Waals surface area contributed by atoms with Crippen molar-refractivity contribution in [2.75, 3.05) is 77.0 Å². The summed E-state index contributed by atoms with van der Waals surface area (Å²) in [6.45, 7) is 5.24. The first kappa shape index (κ1) is 34.4. The standard InChI is InChI=1S/C35H43N7O3S2/c1-7-36-28-15-13-26(38-31(43)23-40(4)5)19-25(28)21-37-35-42(22-24-11-9-8-10-12-24)33(44)32(47-35)34-41(6)29-20-27(14-16-30(29)46-34)45-18-17-39(2)3/h8-16,19-20,36H,7,17-18,21-23H2,1-6H3,(H,38,43)/b34-32-,37-35?. The van der Waals surface area contributed by atoms with Gasteiger partial charge in [-0.05, 0) is 88.3 Å². The highest BCUT2D eigenvalue weighted by molar-refractivity contribution is 8.19. The largest absolute Gasteiger partial charge is 0.492 e.